The quantitative estimate of drug-likeness (QED) is 0.425. The first-order valence-electron chi connectivity index (χ1n) is 9.99. The second kappa shape index (κ2) is 6.88. The second-order valence-electron chi connectivity index (χ2n) is 9.06. The van der Waals surface area contributed by atoms with Crippen molar-refractivity contribution in [2.24, 2.45) is 22.7 Å². The van der Waals surface area contributed by atoms with Gasteiger partial charge in [-0.1, -0.05) is 32.4 Å². The van der Waals surface area contributed by atoms with Gasteiger partial charge in [0.2, 0.25) is 0 Å². The molecule has 148 valence electrons. The van der Waals surface area contributed by atoms with Crippen molar-refractivity contribution in [1.82, 2.24) is 0 Å². The van der Waals surface area contributed by atoms with Gasteiger partial charge in [-0.2, -0.15) is 0 Å². The Morgan fingerprint density at radius 2 is 1.96 bits per heavy atom. The van der Waals surface area contributed by atoms with Crippen molar-refractivity contribution in [3.05, 3.63) is 29.3 Å². The lowest BCUT2D eigenvalue weighted by Gasteiger charge is -2.58. The molecule has 2 aliphatic rings. The molecule has 0 radical (unpaired) electrons. The lowest BCUT2D eigenvalue weighted by Crippen LogP contribution is -2.50. The van der Waals surface area contributed by atoms with E-state index >= 15 is 0 Å². The number of allylic oxidation sites excluding steroid dienone is 2. The average Bonchev–Trinajstić information content (AvgIpc) is 2.60. The number of fused-ring (bicyclic) bond motifs is 1. The van der Waals surface area contributed by atoms with Gasteiger partial charge in [-0.25, -0.2) is 0 Å². The minimum atomic E-state index is -0.486. The van der Waals surface area contributed by atoms with Gasteiger partial charge in [0.05, 0.1) is 0 Å². The van der Waals surface area contributed by atoms with Crippen molar-refractivity contribution in [2.75, 3.05) is 0 Å². The summed E-state index contributed by atoms with van der Waals surface area (Å²) >= 11 is 0. The van der Waals surface area contributed by atoms with Gasteiger partial charge < -0.3 is 14.9 Å². The maximum absolute atomic E-state index is 11.3. The van der Waals surface area contributed by atoms with Crippen LogP contribution in [0.25, 0.3) is 0 Å². The van der Waals surface area contributed by atoms with Crippen LogP contribution < -0.4 is 4.74 Å². The minimum absolute atomic E-state index is 0.0622. The molecule has 1 aromatic carbocycles. The van der Waals surface area contributed by atoms with E-state index in [4.69, 9.17) is 4.74 Å². The molecule has 0 spiro atoms. The second-order valence-corrected chi connectivity index (χ2v) is 9.06. The van der Waals surface area contributed by atoms with Gasteiger partial charge in [0.1, 0.15) is 5.75 Å². The van der Waals surface area contributed by atoms with E-state index in [0.717, 1.165) is 19.3 Å². The first-order valence-corrected chi connectivity index (χ1v) is 9.99. The van der Waals surface area contributed by atoms with E-state index in [9.17, 15) is 15.0 Å². The predicted octanol–water partition coefficient (Wildman–Crippen LogP) is 5.36. The van der Waals surface area contributed by atoms with Crippen molar-refractivity contribution in [1.29, 1.82) is 0 Å². The molecular weight excluding hydrogens is 340 g/mol. The third-order valence-corrected chi connectivity index (χ3v) is 7.63. The summed E-state index contributed by atoms with van der Waals surface area (Å²) in [7, 11) is 0. The first kappa shape index (κ1) is 19.8. The Kier molecular flexibility index (Phi) is 5.04. The lowest BCUT2D eigenvalue weighted by molar-refractivity contribution is -0.132. The number of hydrogen-bond donors (Lipinski definition) is 2. The predicted molar refractivity (Wildman–Crippen MR) is 106 cm³/mol. The molecule has 4 heteroatoms. The Hall–Kier alpha value is -1.97. The highest BCUT2D eigenvalue weighted by Gasteiger charge is 2.53. The molecule has 2 aliphatic carbocycles. The molecule has 4 unspecified atom stereocenters. The lowest BCUT2D eigenvalue weighted by atomic mass is 9.47. The summed E-state index contributed by atoms with van der Waals surface area (Å²) in [5, 5.41) is 21.2. The molecule has 0 aliphatic heterocycles. The maximum Gasteiger partial charge on any atom is 0.308 e. The van der Waals surface area contributed by atoms with E-state index < -0.39 is 5.97 Å². The minimum Gasteiger partial charge on any atom is -0.508 e. The molecule has 0 heterocycles. The third-order valence-electron chi connectivity index (χ3n) is 7.63. The van der Waals surface area contributed by atoms with Crippen LogP contribution in [0.2, 0.25) is 0 Å². The molecule has 2 N–H and O–H groups in total. The summed E-state index contributed by atoms with van der Waals surface area (Å²) in [5.41, 5.74) is 2.06. The zero-order valence-electron chi connectivity index (χ0n) is 17.1. The molecular formula is C23H32O4. The van der Waals surface area contributed by atoms with Gasteiger partial charge in [0, 0.05) is 12.5 Å². The average molecular weight is 373 g/mol. The van der Waals surface area contributed by atoms with Crippen molar-refractivity contribution in [2.45, 2.75) is 66.7 Å². The van der Waals surface area contributed by atoms with Gasteiger partial charge in [-0.05, 0) is 73.8 Å². The van der Waals surface area contributed by atoms with Crippen LogP contribution >= 0.6 is 0 Å². The Morgan fingerprint density at radius 1 is 1.26 bits per heavy atom. The number of esters is 1. The normalized spacial score (nSPS) is 33.1. The number of hydrogen-bond acceptors (Lipinski definition) is 4. The molecule has 27 heavy (non-hydrogen) atoms. The Labute approximate surface area is 162 Å². The third kappa shape index (κ3) is 3.24. The van der Waals surface area contributed by atoms with Crippen LogP contribution in [0, 0.1) is 22.7 Å². The Morgan fingerprint density at radius 3 is 2.63 bits per heavy atom. The summed E-state index contributed by atoms with van der Waals surface area (Å²) in [4.78, 5) is 11.3. The zero-order valence-corrected chi connectivity index (χ0v) is 17.1. The maximum atomic E-state index is 11.3. The number of carbonyl (C=O) groups excluding carboxylic acids is 1. The number of phenolic OH excluding ortho intramolecular Hbond substituents is 2. The van der Waals surface area contributed by atoms with Crippen molar-refractivity contribution in [3.8, 4) is 17.2 Å². The van der Waals surface area contributed by atoms with E-state index in [-0.39, 0.29) is 28.1 Å². The van der Waals surface area contributed by atoms with Crippen LogP contribution in [0.5, 0.6) is 17.2 Å². The van der Waals surface area contributed by atoms with E-state index in [1.165, 1.54) is 31.1 Å². The van der Waals surface area contributed by atoms with Gasteiger partial charge >= 0.3 is 5.97 Å². The molecule has 0 amide bonds. The molecule has 4 nitrogen and oxygen atoms in total. The van der Waals surface area contributed by atoms with Crippen molar-refractivity contribution >= 4 is 5.97 Å². The van der Waals surface area contributed by atoms with E-state index in [1.54, 1.807) is 0 Å². The summed E-state index contributed by atoms with van der Waals surface area (Å²) in [6.45, 7) is 10.5. The standard InChI is InChI=1S/C23H32O4/c1-14-7-6-8-20-22(14,4)12-11-15(2)23(20,5)13-17-18(25)9-10-19(21(17)26)27-16(3)24/h7,9-10,15,20,25-26H,6,8,11-13H2,1-5H3. The fourth-order valence-electron chi connectivity index (χ4n) is 5.61. The summed E-state index contributed by atoms with van der Waals surface area (Å²) in [6.07, 6.45) is 7.46. The molecule has 0 bridgehead atoms. The Bertz CT molecular complexity index is 781. The van der Waals surface area contributed by atoms with E-state index in [0.29, 0.717) is 23.8 Å². The van der Waals surface area contributed by atoms with Gasteiger partial charge in [0.25, 0.3) is 0 Å². The number of benzene rings is 1. The van der Waals surface area contributed by atoms with Gasteiger partial charge in [-0.15, -0.1) is 0 Å². The number of aromatic hydroxyl groups is 2. The SMILES string of the molecule is CC(=O)Oc1ccc(O)c(CC2(C)C(C)CCC3(C)C(C)=CCCC32)c1O. The fourth-order valence-corrected chi connectivity index (χ4v) is 5.61. The summed E-state index contributed by atoms with van der Waals surface area (Å²) in [5.74, 6) is 0.526. The Balaban J connectivity index is 2.03. The summed E-state index contributed by atoms with van der Waals surface area (Å²) in [6, 6.07) is 2.95. The van der Waals surface area contributed by atoms with Gasteiger partial charge in [-0.3, -0.25) is 4.79 Å². The highest BCUT2D eigenvalue weighted by molar-refractivity contribution is 5.71. The first-order chi connectivity index (χ1) is 12.6. The van der Waals surface area contributed by atoms with Crippen LogP contribution in [0.1, 0.15) is 65.9 Å². The summed E-state index contributed by atoms with van der Waals surface area (Å²) < 4.78 is 5.12. The molecule has 3 rings (SSSR count). The van der Waals surface area contributed by atoms with Crippen molar-refractivity contribution < 1.29 is 19.7 Å². The van der Waals surface area contributed by atoms with Crippen LogP contribution in [-0.4, -0.2) is 16.2 Å². The molecule has 4 atom stereocenters. The number of ether oxygens (including phenoxy) is 1. The zero-order chi connectivity index (χ0) is 20.0. The topological polar surface area (TPSA) is 66.8 Å². The van der Waals surface area contributed by atoms with Crippen LogP contribution in [0.4, 0.5) is 0 Å². The molecule has 1 aromatic rings. The highest BCUT2D eigenvalue weighted by Crippen LogP contribution is 2.62. The largest absolute Gasteiger partial charge is 0.508 e. The highest BCUT2D eigenvalue weighted by atomic mass is 16.5. The van der Waals surface area contributed by atoms with Crippen molar-refractivity contribution in [3.63, 3.8) is 0 Å². The molecule has 0 saturated heterocycles. The van der Waals surface area contributed by atoms with Gasteiger partial charge in [0.15, 0.2) is 11.5 Å². The van der Waals surface area contributed by atoms with Crippen LogP contribution in [0.15, 0.2) is 23.8 Å². The monoisotopic (exact) mass is 372 g/mol. The molecule has 1 fully saturated rings. The number of rotatable bonds is 3. The van der Waals surface area contributed by atoms with Crippen LogP contribution in [-0.2, 0) is 11.2 Å². The fraction of sp³-hybridized carbons (Fsp3) is 0.609. The molecule has 0 aromatic heterocycles. The van der Waals surface area contributed by atoms with E-state index in [1.807, 2.05) is 0 Å². The van der Waals surface area contributed by atoms with E-state index in [2.05, 4.69) is 33.8 Å². The molecule has 1 saturated carbocycles. The van der Waals surface area contributed by atoms with Crippen LogP contribution in [0.3, 0.4) is 0 Å². The smallest absolute Gasteiger partial charge is 0.308 e. The number of phenols is 2. The number of carbonyl (C=O) groups is 1.